The number of rotatable bonds is 19. The minimum atomic E-state index is -0.831. The molecule has 52 heavy (non-hydrogen) atoms. The number of methoxy groups -OCH3 is 6. The molecule has 11 heteroatoms. The fourth-order valence-corrected chi connectivity index (χ4v) is 6.93. The number of nitrogens with zero attached hydrogens (tertiary/aromatic N) is 2. The van der Waals surface area contributed by atoms with Crippen molar-refractivity contribution in [1.82, 2.24) is 0 Å². The second-order valence-corrected chi connectivity index (χ2v) is 13.5. The van der Waals surface area contributed by atoms with E-state index in [1.165, 1.54) is 0 Å². The molecule has 11 nitrogen and oxygen atoms in total. The van der Waals surface area contributed by atoms with E-state index in [-0.39, 0.29) is 51.1 Å². The van der Waals surface area contributed by atoms with Gasteiger partial charge in [-0.15, -0.1) is 9.81 Å². The minimum Gasteiger partial charge on any atom is -0.507 e. The highest BCUT2D eigenvalue weighted by Gasteiger charge is 2.35. The number of nitroso groups, excluding NO2 is 2. The molecule has 1 N–H and O–H groups in total. The van der Waals surface area contributed by atoms with Gasteiger partial charge in [-0.05, 0) is 69.4 Å². The lowest BCUT2D eigenvalue weighted by molar-refractivity contribution is 0.174. The Morgan fingerprint density at radius 1 is 0.462 bits per heavy atom. The number of benzene rings is 4. The molecule has 0 amide bonds. The summed E-state index contributed by atoms with van der Waals surface area (Å²) in [5.41, 5.74) is 7.87. The second kappa shape index (κ2) is 17.9. The third kappa shape index (κ3) is 8.15. The standard InChI is InChI=1S/C41H50N2O9/c1-40(2,34-14-26(20-47-4)37(42-45)27(15-34)21-48-5)32-10-12-33(13-11-32)41(3,36-18-30(24-51-8)39(44)31(19-36)25-52-9)35-16-28(22-49-6)38(43-46)29(17-35)23-50-7/h10-19,44H,20-25H2,1-9H3. The molecule has 0 radical (unpaired) electrons. The first-order valence-electron chi connectivity index (χ1n) is 16.9. The first-order valence-corrected chi connectivity index (χ1v) is 16.9. The average Bonchev–Trinajstić information content (AvgIpc) is 3.13. The molecule has 0 saturated carbocycles. The van der Waals surface area contributed by atoms with Crippen molar-refractivity contribution in [2.45, 2.75) is 71.2 Å². The van der Waals surface area contributed by atoms with Crippen molar-refractivity contribution in [3.63, 3.8) is 0 Å². The van der Waals surface area contributed by atoms with Gasteiger partial charge in [-0.3, -0.25) is 0 Å². The lowest BCUT2D eigenvalue weighted by Gasteiger charge is -2.35. The van der Waals surface area contributed by atoms with Crippen LogP contribution in [0.15, 0.2) is 71.0 Å². The quantitative estimate of drug-likeness (QED) is 0.0747. The zero-order valence-electron chi connectivity index (χ0n) is 31.6. The summed E-state index contributed by atoms with van der Waals surface area (Å²) < 4.78 is 32.8. The Morgan fingerprint density at radius 2 is 0.750 bits per heavy atom. The topological polar surface area (TPSA) is 134 Å². The van der Waals surface area contributed by atoms with Crippen LogP contribution in [0.3, 0.4) is 0 Å². The zero-order valence-corrected chi connectivity index (χ0v) is 31.6. The van der Waals surface area contributed by atoms with E-state index in [4.69, 9.17) is 28.4 Å². The first kappa shape index (κ1) is 40.4. The van der Waals surface area contributed by atoms with E-state index < -0.39 is 10.8 Å². The summed E-state index contributed by atoms with van der Waals surface area (Å²) in [4.78, 5) is 24.0. The molecule has 0 spiro atoms. The summed E-state index contributed by atoms with van der Waals surface area (Å²) in [7, 11) is 9.49. The second-order valence-electron chi connectivity index (χ2n) is 13.5. The summed E-state index contributed by atoms with van der Waals surface area (Å²) in [6, 6.07) is 20.1. The minimum absolute atomic E-state index is 0.115. The SMILES string of the molecule is COCc1cc(C(C)(c2ccc(C(C)(C)c3cc(COC)c(N=O)c(COC)c3)cc2)c2cc(COC)c(N=O)c(COC)c2)cc(COC)c1O. The maximum atomic E-state index is 12.1. The van der Waals surface area contributed by atoms with E-state index in [1.807, 2.05) is 36.4 Å². The normalized spacial score (nSPS) is 12.9. The highest BCUT2D eigenvalue weighted by Crippen LogP contribution is 2.45. The largest absolute Gasteiger partial charge is 0.507 e. The Hall–Kier alpha value is -4.36. The number of aromatic hydroxyl groups is 1. The van der Waals surface area contributed by atoms with E-state index in [9.17, 15) is 14.9 Å². The highest BCUT2D eigenvalue weighted by molar-refractivity contribution is 5.62. The molecule has 4 aromatic carbocycles. The molecular formula is C41H50N2O9. The van der Waals surface area contributed by atoms with Gasteiger partial charge in [0.15, 0.2) is 0 Å². The van der Waals surface area contributed by atoms with Crippen LogP contribution < -0.4 is 0 Å². The molecular weight excluding hydrogens is 664 g/mol. The number of hydrogen-bond acceptors (Lipinski definition) is 11. The maximum Gasteiger partial charge on any atom is 0.126 e. The van der Waals surface area contributed by atoms with Gasteiger partial charge in [-0.2, -0.15) is 0 Å². The molecule has 1 unspecified atom stereocenters. The smallest absolute Gasteiger partial charge is 0.126 e. The van der Waals surface area contributed by atoms with E-state index >= 15 is 0 Å². The molecule has 0 aromatic heterocycles. The summed E-state index contributed by atoms with van der Waals surface area (Å²) in [6.45, 7) is 7.55. The third-order valence-corrected chi connectivity index (χ3v) is 9.85. The fraction of sp³-hybridized carbons (Fsp3) is 0.415. The third-order valence-electron chi connectivity index (χ3n) is 9.85. The summed E-state index contributed by atoms with van der Waals surface area (Å²) in [6.07, 6.45) is 0. The van der Waals surface area contributed by atoms with Crippen molar-refractivity contribution in [1.29, 1.82) is 0 Å². The summed E-state index contributed by atoms with van der Waals surface area (Å²) >= 11 is 0. The molecule has 0 saturated heterocycles. The molecule has 0 bridgehead atoms. The van der Waals surface area contributed by atoms with E-state index in [0.717, 1.165) is 27.8 Å². The lowest BCUT2D eigenvalue weighted by Crippen LogP contribution is -2.27. The van der Waals surface area contributed by atoms with Gasteiger partial charge in [0.1, 0.15) is 17.1 Å². The van der Waals surface area contributed by atoms with Crippen LogP contribution in [-0.4, -0.2) is 47.8 Å². The van der Waals surface area contributed by atoms with E-state index in [2.05, 4.69) is 55.4 Å². The van der Waals surface area contributed by atoms with Crippen molar-refractivity contribution in [2.75, 3.05) is 42.7 Å². The molecule has 278 valence electrons. The van der Waals surface area contributed by atoms with Gasteiger partial charge in [0.05, 0.1) is 39.6 Å². The van der Waals surface area contributed by atoms with Crippen molar-refractivity contribution in [3.05, 3.63) is 132 Å². The van der Waals surface area contributed by atoms with Crippen LogP contribution in [0.1, 0.15) is 82.0 Å². The van der Waals surface area contributed by atoms with Crippen LogP contribution in [0.5, 0.6) is 5.75 Å². The maximum absolute atomic E-state index is 12.1. The predicted molar refractivity (Wildman–Crippen MR) is 200 cm³/mol. The molecule has 0 heterocycles. The Kier molecular flexibility index (Phi) is 13.9. The van der Waals surface area contributed by atoms with Gasteiger partial charge in [-0.25, -0.2) is 0 Å². The van der Waals surface area contributed by atoms with E-state index in [1.54, 1.807) is 42.7 Å². The van der Waals surface area contributed by atoms with E-state index in [0.29, 0.717) is 39.1 Å². The van der Waals surface area contributed by atoms with Crippen LogP contribution in [0.2, 0.25) is 0 Å². The molecule has 4 rings (SSSR count). The van der Waals surface area contributed by atoms with Gasteiger partial charge in [0, 0.05) is 86.9 Å². The molecule has 0 aliphatic heterocycles. The predicted octanol–water partition coefficient (Wildman–Crippen LogP) is 8.75. The monoisotopic (exact) mass is 714 g/mol. The number of phenolic OH excluding ortho intramolecular Hbond substituents is 1. The number of phenols is 1. The highest BCUT2D eigenvalue weighted by atomic mass is 16.5. The fourth-order valence-electron chi connectivity index (χ4n) is 6.93. The summed E-state index contributed by atoms with van der Waals surface area (Å²) in [5.74, 6) is 0.115. The van der Waals surface area contributed by atoms with Gasteiger partial charge < -0.3 is 33.5 Å². The average molecular weight is 715 g/mol. The molecule has 4 aromatic rings. The molecule has 0 aliphatic carbocycles. The van der Waals surface area contributed by atoms with Crippen molar-refractivity contribution in [3.8, 4) is 5.75 Å². The molecule has 1 atom stereocenters. The Bertz CT molecular complexity index is 1770. The lowest BCUT2D eigenvalue weighted by atomic mass is 9.68. The van der Waals surface area contributed by atoms with Crippen LogP contribution in [0.4, 0.5) is 11.4 Å². The van der Waals surface area contributed by atoms with Gasteiger partial charge in [0.25, 0.3) is 0 Å². The van der Waals surface area contributed by atoms with Gasteiger partial charge in [-0.1, -0.05) is 50.2 Å². The van der Waals surface area contributed by atoms with Gasteiger partial charge >= 0.3 is 0 Å². The number of ether oxygens (including phenoxy) is 6. The van der Waals surface area contributed by atoms with Gasteiger partial charge in [0.2, 0.25) is 0 Å². The summed E-state index contributed by atoms with van der Waals surface area (Å²) in [5, 5.41) is 17.8. The first-order chi connectivity index (χ1) is 25.0. The Morgan fingerprint density at radius 3 is 1.08 bits per heavy atom. The van der Waals surface area contributed by atoms with Crippen LogP contribution in [-0.2, 0) is 78.9 Å². The Balaban J connectivity index is 2.00. The molecule has 0 aliphatic rings. The van der Waals surface area contributed by atoms with Crippen molar-refractivity contribution in [2.24, 2.45) is 10.4 Å². The van der Waals surface area contributed by atoms with Crippen molar-refractivity contribution >= 4 is 11.4 Å². The Labute approximate surface area is 306 Å². The molecule has 0 fully saturated rings. The van der Waals surface area contributed by atoms with Crippen LogP contribution in [0.25, 0.3) is 0 Å². The van der Waals surface area contributed by atoms with Crippen LogP contribution in [0, 0.1) is 9.81 Å². The van der Waals surface area contributed by atoms with Crippen molar-refractivity contribution < 1.29 is 33.5 Å². The number of hydrogen-bond donors (Lipinski definition) is 1. The zero-order chi connectivity index (χ0) is 38.1. The van der Waals surface area contributed by atoms with Crippen LogP contribution >= 0.6 is 0 Å².